The van der Waals surface area contributed by atoms with Crippen molar-refractivity contribution in [2.45, 2.75) is 0 Å². The number of hydrogen-bond acceptors (Lipinski definition) is 3. The molecule has 0 radical (unpaired) electrons. The van der Waals surface area contributed by atoms with Crippen molar-refractivity contribution in [3.8, 4) is 5.75 Å². The Kier molecular flexibility index (Phi) is 1.22. The molecule has 1 aromatic rings. The number of aromatic hydroxyl groups is 1. The average Bonchev–Trinajstić information content (AvgIpc) is 1.80. The summed E-state index contributed by atoms with van der Waals surface area (Å²) in [6.07, 6.45) is 1.21. The molecule has 0 bridgehead atoms. The second-order valence-electron chi connectivity index (χ2n) is 1.68. The normalized spacial score (nSPS) is 9.44. The highest BCUT2D eigenvalue weighted by Gasteiger charge is 1.90. The Morgan fingerprint density at radius 3 is 2.89 bits per heavy atom. The van der Waals surface area contributed by atoms with Crippen molar-refractivity contribution in [1.29, 1.82) is 0 Å². The summed E-state index contributed by atoms with van der Waals surface area (Å²) in [6.45, 7) is 0. The van der Waals surface area contributed by atoms with Gasteiger partial charge in [0.1, 0.15) is 5.75 Å². The van der Waals surface area contributed by atoms with E-state index in [2.05, 4.69) is 5.10 Å². The van der Waals surface area contributed by atoms with Crippen molar-refractivity contribution >= 4 is 0 Å². The fourth-order valence-corrected chi connectivity index (χ4v) is 0.460. The summed E-state index contributed by atoms with van der Waals surface area (Å²) in [4.78, 5) is 10.6. The molecule has 0 atom stereocenters. The van der Waals surface area contributed by atoms with Crippen molar-refractivity contribution in [2.24, 2.45) is 7.05 Å². The maximum Gasteiger partial charge on any atom is 0.270 e. The van der Waals surface area contributed by atoms with Crippen molar-refractivity contribution in [3.63, 3.8) is 0 Å². The van der Waals surface area contributed by atoms with E-state index in [1.807, 2.05) is 0 Å². The number of nitrogens with zero attached hydrogens (tertiary/aromatic N) is 2. The van der Waals surface area contributed by atoms with Gasteiger partial charge in [0.15, 0.2) is 0 Å². The van der Waals surface area contributed by atoms with Gasteiger partial charge in [0.25, 0.3) is 5.56 Å². The molecule has 0 unspecified atom stereocenters. The third-order valence-electron chi connectivity index (χ3n) is 0.954. The molecule has 1 aromatic heterocycles. The molecule has 0 amide bonds. The van der Waals surface area contributed by atoms with Crippen LogP contribution in [0.4, 0.5) is 0 Å². The van der Waals surface area contributed by atoms with E-state index in [1.165, 1.54) is 13.2 Å². The van der Waals surface area contributed by atoms with Gasteiger partial charge in [-0.15, -0.1) is 0 Å². The first-order chi connectivity index (χ1) is 4.20. The zero-order chi connectivity index (χ0) is 6.85. The zero-order valence-electron chi connectivity index (χ0n) is 4.90. The summed E-state index contributed by atoms with van der Waals surface area (Å²) < 4.78 is 1.14. The monoisotopic (exact) mass is 126 g/mol. The van der Waals surface area contributed by atoms with Gasteiger partial charge in [0.2, 0.25) is 0 Å². The first-order valence-corrected chi connectivity index (χ1v) is 2.42. The van der Waals surface area contributed by atoms with Crippen molar-refractivity contribution in [1.82, 2.24) is 9.78 Å². The zero-order valence-corrected chi connectivity index (χ0v) is 4.90. The molecule has 48 valence electrons. The van der Waals surface area contributed by atoms with E-state index >= 15 is 0 Å². The van der Waals surface area contributed by atoms with Gasteiger partial charge in [0.05, 0.1) is 6.20 Å². The minimum atomic E-state index is -0.310. The van der Waals surface area contributed by atoms with E-state index in [4.69, 9.17) is 5.11 Å². The third kappa shape index (κ3) is 1.07. The van der Waals surface area contributed by atoms with E-state index in [0.717, 1.165) is 10.7 Å². The summed E-state index contributed by atoms with van der Waals surface area (Å²) in [7, 11) is 1.52. The molecule has 0 spiro atoms. The lowest BCUT2D eigenvalue weighted by Crippen LogP contribution is -2.16. The van der Waals surface area contributed by atoms with Crippen LogP contribution >= 0.6 is 0 Å². The topological polar surface area (TPSA) is 55.1 Å². The fourth-order valence-electron chi connectivity index (χ4n) is 0.460. The molecule has 4 heteroatoms. The van der Waals surface area contributed by atoms with Crippen LogP contribution in [0.25, 0.3) is 0 Å². The Morgan fingerprint density at radius 1 is 1.78 bits per heavy atom. The van der Waals surface area contributed by atoms with Crippen molar-refractivity contribution in [2.75, 3.05) is 0 Å². The van der Waals surface area contributed by atoms with Crippen LogP contribution in [0.5, 0.6) is 5.75 Å². The van der Waals surface area contributed by atoms with Gasteiger partial charge < -0.3 is 5.11 Å². The maximum absolute atomic E-state index is 10.6. The minimum Gasteiger partial charge on any atom is -0.506 e. The van der Waals surface area contributed by atoms with Crippen LogP contribution in [-0.4, -0.2) is 14.9 Å². The fraction of sp³-hybridized carbons (Fsp3) is 0.200. The van der Waals surface area contributed by atoms with E-state index in [1.54, 1.807) is 0 Å². The quantitative estimate of drug-likeness (QED) is 0.509. The summed E-state index contributed by atoms with van der Waals surface area (Å²) in [5.74, 6) is -0.0990. The van der Waals surface area contributed by atoms with Crippen molar-refractivity contribution in [3.05, 3.63) is 22.6 Å². The molecule has 1 heterocycles. The second-order valence-corrected chi connectivity index (χ2v) is 1.68. The molecule has 0 fully saturated rings. The van der Waals surface area contributed by atoms with Crippen LogP contribution in [0.1, 0.15) is 0 Å². The van der Waals surface area contributed by atoms with Crippen LogP contribution in [0.15, 0.2) is 17.1 Å². The van der Waals surface area contributed by atoms with Crippen LogP contribution < -0.4 is 5.56 Å². The Hall–Kier alpha value is -1.32. The van der Waals surface area contributed by atoms with Crippen LogP contribution in [0, 0.1) is 0 Å². The Balaban J connectivity index is 3.34. The number of rotatable bonds is 0. The predicted molar refractivity (Wildman–Crippen MR) is 31.1 cm³/mol. The second kappa shape index (κ2) is 1.89. The predicted octanol–water partition coefficient (Wildman–Crippen LogP) is -0.514. The molecule has 9 heavy (non-hydrogen) atoms. The molecular formula is C5H6N2O2. The third-order valence-corrected chi connectivity index (χ3v) is 0.954. The number of hydrogen-bond donors (Lipinski definition) is 1. The molecule has 0 saturated heterocycles. The van der Waals surface area contributed by atoms with Gasteiger partial charge in [-0.2, -0.15) is 5.10 Å². The highest BCUT2D eigenvalue weighted by Crippen LogP contribution is 1.96. The largest absolute Gasteiger partial charge is 0.506 e. The molecule has 1 N–H and O–H groups in total. The lowest BCUT2D eigenvalue weighted by Gasteiger charge is -1.91. The summed E-state index contributed by atoms with van der Waals surface area (Å²) in [6, 6.07) is 1.10. The van der Waals surface area contributed by atoms with Crippen LogP contribution in [0.2, 0.25) is 0 Å². The highest BCUT2D eigenvalue weighted by atomic mass is 16.3. The highest BCUT2D eigenvalue weighted by molar-refractivity contribution is 5.10. The van der Waals surface area contributed by atoms with Gasteiger partial charge in [-0.1, -0.05) is 0 Å². The van der Waals surface area contributed by atoms with Gasteiger partial charge in [-0.05, 0) is 0 Å². The SMILES string of the molecule is Cn1ncc(O)cc1=O. The average molecular weight is 126 g/mol. The molecule has 1 rings (SSSR count). The van der Waals surface area contributed by atoms with E-state index in [-0.39, 0.29) is 11.3 Å². The standard InChI is InChI=1S/C5H6N2O2/c1-7-5(9)2-4(8)3-6-7/h2-3,8H,1H3. The summed E-state index contributed by atoms with van der Waals surface area (Å²) in [5, 5.41) is 12.2. The molecule has 0 aromatic carbocycles. The van der Waals surface area contributed by atoms with Crippen LogP contribution in [-0.2, 0) is 7.05 Å². The summed E-state index contributed by atoms with van der Waals surface area (Å²) >= 11 is 0. The maximum atomic E-state index is 10.6. The van der Waals surface area contributed by atoms with Gasteiger partial charge in [-0.3, -0.25) is 4.79 Å². The van der Waals surface area contributed by atoms with E-state index < -0.39 is 0 Å². The number of aromatic nitrogens is 2. The first-order valence-electron chi connectivity index (χ1n) is 2.42. The van der Waals surface area contributed by atoms with Gasteiger partial charge in [-0.25, -0.2) is 4.68 Å². The molecular weight excluding hydrogens is 120 g/mol. The number of aryl methyl sites for hydroxylation is 1. The lowest BCUT2D eigenvalue weighted by molar-refractivity contribution is 0.464. The molecule has 0 aliphatic heterocycles. The minimum absolute atomic E-state index is 0.0990. The van der Waals surface area contributed by atoms with Gasteiger partial charge in [0, 0.05) is 13.1 Å². The molecule has 4 nitrogen and oxygen atoms in total. The van der Waals surface area contributed by atoms with Crippen molar-refractivity contribution < 1.29 is 5.11 Å². The van der Waals surface area contributed by atoms with E-state index in [0.29, 0.717) is 0 Å². The molecule has 0 saturated carbocycles. The Morgan fingerprint density at radius 2 is 2.44 bits per heavy atom. The first kappa shape index (κ1) is 5.81. The Bertz CT molecular complexity index is 266. The Labute approximate surface area is 51.4 Å². The molecule has 0 aliphatic carbocycles. The summed E-state index contributed by atoms with van der Waals surface area (Å²) in [5.41, 5.74) is -0.310. The van der Waals surface area contributed by atoms with E-state index in [9.17, 15) is 4.79 Å². The molecule has 0 aliphatic rings. The van der Waals surface area contributed by atoms with Gasteiger partial charge >= 0.3 is 0 Å². The van der Waals surface area contributed by atoms with Crippen LogP contribution in [0.3, 0.4) is 0 Å². The smallest absolute Gasteiger partial charge is 0.270 e. The lowest BCUT2D eigenvalue weighted by atomic mass is 10.5.